The molecule has 7 heteroatoms. The van der Waals surface area contributed by atoms with Crippen molar-refractivity contribution < 1.29 is 4.79 Å². The number of carbonyl (C=O) groups is 1. The Kier molecular flexibility index (Phi) is 5.58. The van der Waals surface area contributed by atoms with Gasteiger partial charge in [0.25, 0.3) is 5.91 Å². The normalized spacial score (nSPS) is 14.4. The second-order valence-corrected chi connectivity index (χ2v) is 8.87. The van der Waals surface area contributed by atoms with E-state index in [1.54, 1.807) is 0 Å². The predicted octanol–water partition coefficient (Wildman–Crippen LogP) is 4.22. The van der Waals surface area contributed by atoms with Crippen molar-refractivity contribution in [2.75, 3.05) is 31.1 Å². The highest BCUT2D eigenvalue weighted by molar-refractivity contribution is 5.94. The Bertz CT molecular complexity index is 1480. The van der Waals surface area contributed by atoms with Crippen LogP contribution in [0.3, 0.4) is 0 Å². The van der Waals surface area contributed by atoms with Gasteiger partial charge < -0.3 is 9.80 Å². The molecule has 0 saturated carbocycles. The van der Waals surface area contributed by atoms with Gasteiger partial charge in [-0.1, -0.05) is 60.7 Å². The fourth-order valence-electron chi connectivity index (χ4n) is 4.81. The van der Waals surface area contributed by atoms with Crippen LogP contribution < -0.4 is 4.90 Å². The van der Waals surface area contributed by atoms with Gasteiger partial charge in [0.2, 0.25) is 5.95 Å². The zero-order valence-electron chi connectivity index (χ0n) is 19.4. The second kappa shape index (κ2) is 9.18. The van der Waals surface area contributed by atoms with Gasteiger partial charge in [0.1, 0.15) is 5.82 Å². The number of carbonyl (C=O) groups excluding carboxylic acids is 1. The molecule has 1 saturated heterocycles. The fourth-order valence-corrected chi connectivity index (χ4v) is 4.81. The minimum absolute atomic E-state index is 0.0816. The van der Waals surface area contributed by atoms with Crippen molar-refractivity contribution in [3.05, 3.63) is 102 Å². The Balaban J connectivity index is 1.37. The van der Waals surface area contributed by atoms with Crippen molar-refractivity contribution >= 4 is 28.4 Å². The van der Waals surface area contributed by atoms with E-state index in [4.69, 9.17) is 4.98 Å². The SMILES string of the molecule is O=C(c1ccccc1)N1CCCN(c2nc3ccccc3c3nnc(Cc4ccccc4)n23)CC1. The monoisotopic (exact) mass is 462 g/mol. The molecule has 0 spiro atoms. The third-order valence-electron chi connectivity index (χ3n) is 6.59. The Morgan fingerprint density at radius 3 is 2.34 bits per heavy atom. The van der Waals surface area contributed by atoms with E-state index in [9.17, 15) is 4.79 Å². The molecule has 3 aromatic carbocycles. The first kappa shape index (κ1) is 21.3. The molecular formula is C28H26N6O. The molecule has 5 aromatic rings. The standard InChI is InChI=1S/C28H26N6O/c35-27(22-12-5-2-6-13-22)32-16-9-17-33(19-18-32)28-29-24-15-8-7-14-23(24)26-31-30-25(34(26)28)20-21-10-3-1-4-11-21/h1-8,10-15H,9,16-20H2. The number of amides is 1. The third-order valence-corrected chi connectivity index (χ3v) is 6.59. The molecule has 0 radical (unpaired) electrons. The van der Waals surface area contributed by atoms with Gasteiger partial charge in [0, 0.05) is 43.5 Å². The zero-order chi connectivity index (χ0) is 23.6. The Morgan fingerprint density at radius 2 is 1.51 bits per heavy atom. The Labute approximate surface area is 203 Å². The molecule has 0 aliphatic carbocycles. The zero-order valence-corrected chi connectivity index (χ0v) is 19.4. The molecule has 1 aliphatic heterocycles. The molecule has 35 heavy (non-hydrogen) atoms. The summed E-state index contributed by atoms with van der Waals surface area (Å²) < 4.78 is 2.10. The first-order valence-corrected chi connectivity index (χ1v) is 12.0. The van der Waals surface area contributed by atoms with Crippen LogP contribution in [0.5, 0.6) is 0 Å². The Hall–Kier alpha value is -4.26. The van der Waals surface area contributed by atoms with Crippen LogP contribution in [0.1, 0.15) is 28.2 Å². The lowest BCUT2D eigenvalue weighted by Crippen LogP contribution is -2.36. The number of para-hydroxylation sites is 1. The summed E-state index contributed by atoms with van der Waals surface area (Å²) >= 11 is 0. The van der Waals surface area contributed by atoms with E-state index in [2.05, 4.69) is 31.6 Å². The minimum atomic E-state index is 0.0816. The summed E-state index contributed by atoms with van der Waals surface area (Å²) in [5, 5.41) is 10.2. The van der Waals surface area contributed by atoms with E-state index in [1.807, 2.05) is 77.7 Å². The molecule has 0 unspecified atom stereocenters. The van der Waals surface area contributed by atoms with Crippen LogP contribution in [0.4, 0.5) is 5.95 Å². The number of aromatic nitrogens is 4. The molecule has 1 amide bonds. The van der Waals surface area contributed by atoms with Crippen LogP contribution >= 0.6 is 0 Å². The molecule has 2 aromatic heterocycles. The highest BCUT2D eigenvalue weighted by atomic mass is 16.2. The molecule has 0 N–H and O–H groups in total. The summed E-state index contributed by atoms with van der Waals surface area (Å²) in [6, 6.07) is 27.9. The van der Waals surface area contributed by atoms with Gasteiger partial charge in [-0.3, -0.25) is 4.79 Å². The smallest absolute Gasteiger partial charge is 0.253 e. The fraction of sp³-hybridized carbons (Fsp3) is 0.214. The van der Waals surface area contributed by atoms with E-state index < -0.39 is 0 Å². The topological polar surface area (TPSA) is 66.6 Å². The second-order valence-electron chi connectivity index (χ2n) is 8.87. The molecule has 1 fully saturated rings. The number of rotatable bonds is 4. The molecule has 0 atom stereocenters. The molecule has 3 heterocycles. The van der Waals surface area contributed by atoms with Crippen molar-refractivity contribution in [3.63, 3.8) is 0 Å². The lowest BCUT2D eigenvalue weighted by atomic mass is 10.1. The minimum Gasteiger partial charge on any atom is -0.340 e. The number of hydrogen-bond donors (Lipinski definition) is 0. The van der Waals surface area contributed by atoms with Crippen LogP contribution in [0, 0.1) is 0 Å². The molecule has 7 nitrogen and oxygen atoms in total. The quantitative estimate of drug-likeness (QED) is 0.400. The maximum Gasteiger partial charge on any atom is 0.253 e. The molecular weight excluding hydrogens is 436 g/mol. The van der Waals surface area contributed by atoms with Gasteiger partial charge in [-0.25, -0.2) is 9.38 Å². The number of fused-ring (bicyclic) bond motifs is 3. The van der Waals surface area contributed by atoms with Crippen molar-refractivity contribution in [2.45, 2.75) is 12.8 Å². The van der Waals surface area contributed by atoms with Crippen LogP contribution in [0.25, 0.3) is 16.6 Å². The highest BCUT2D eigenvalue weighted by Gasteiger charge is 2.24. The maximum atomic E-state index is 13.1. The van der Waals surface area contributed by atoms with Crippen LogP contribution in [-0.2, 0) is 6.42 Å². The van der Waals surface area contributed by atoms with E-state index in [0.717, 1.165) is 53.4 Å². The lowest BCUT2D eigenvalue weighted by Gasteiger charge is -2.24. The number of benzene rings is 3. The number of hydrogen-bond acceptors (Lipinski definition) is 5. The van der Waals surface area contributed by atoms with Gasteiger partial charge in [0.05, 0.1) is 5.52 Å². The first-order valence-electron chi connectivity index (χ1n) is 12.0. The van der Waals surface area contributed by atoms with Gasteiger partial charge in [-0.05, 0) is 36.2 Å². The van der Waals surface area contributed by atoms with Crippen LogP contribution in [-0.4, -0.2) is 56.6 Å². The predicted molar refractivity (Wildman–Crippen MR) is 137 cm³/mol. The van der Waals surface area contributed by atoms with Crippen LogP contribution in [0.15, 0.2) is 84.9 Å². The number of anilines is 1. The molecule has 6 rings (SSSR count). The largest absolute Gasteiger partial charge is 0.340 e. The average molecular weight is 463 g/mol. The summed E-state index contributed by atoms with van der Waals surface area (Å²) in [5.74, 6) is 1.78. The first-order chi connectivity index (χ1) is 17.3. The van der Waals surface area contributed by atoms with Crippen molar-refractivity contribution in [1.29, 1.82) is 0 Å². The van der Waals surface area contributed by atoms with E-state index >= 15 is 0 Å². The van der Waals surface area contributed by atoms with Gasteiger partial charge in [-0.2, -0.15) is 0 Å². The van der Waals surface area contributed by atoms with Crippen molar-refractivity contribution in [1.82, 2.24) is 24.5 Å². The highest BCUT2D eigenvalue weighted by Crippen LogP contribution is 2.26. The van der Waals surface area contributed by atoms with Crippen molar-refractivity contribution in [3.8, 4) is 0 Å². The number of nitrogens with zero attached hydrogens (tertiary/aromatic N) is 6. The summed E-state index contributed by atoms with van der Waals surface area (Å²) in [4.78, 5) is 22.4. The average Bonchev–Trinajstić information content (AvgIpc) is 3.17. The Morgan fingerprint density at radius 1 is 0.771 bits per heavy atom. The molecule has 174 valence electrons. The van der Waals surface area contributed by atoms with Gasteiger partial charge in [0.15, 0.2) is 5.65 Å². The van der Waals surface area contributed by atoms with Gasteiger partial charge >= 0.3 is 0 Å². The van der Waals surface area contributed by atoms with Gasteiger partial charge in [-0.15, -0.1) is 10.2 Å². The summed E-state index contributed by atoms with van der Waals surface area (Å²) in [6.07, 6.45) is 1.53. The van der Waals surface area contributed by atoms with Crippen molar-refractivity contribution in [2.24, 2.45) is 0 Å². The molecule has 0 bridgehead atoms. The summed E-state index contributed by atoms with van der Waals surface area (Å²) in [5.41, 5.74) is 3.63. The maximum absolute atomic E-state index is 13.1. The van der Waals surface area contributed by atoms with Crippen LogP contribution in [0.2, 0.25) is 0 Å². The summed E-state index contributed by atoms with van der Waals surface area (Å²) in [6.45, 7) is 2.86. The van der Waals surface area contributed by atoms with E-state index in [-0.39, 0.29) is 5.91 Å². The molecule has 1 aliphatic rings. The lowest BCUT2D eigenvalue weighted by molar-refractivity contribution is 0.0767. The van der Waals surface area contributed by atoms with E-state index in [0.29, 0.717) is 19.5 Å². The third kappa shape index (κ3) is 4.10. The summed E-state index contributed by atoms with van der Waals surface area (Å²) in [7, 11) is 0. The van der Waals surface area contributed by atoms with E-state index in [1.165, 1.54) is 5.56 Å².